The number of aromatic hydroxyl groups is 2. The molecule has 1 heterocycles. The molecule has 0 aliphatic heterocycles. The predicted molar refractivity (Wildman–Crippen MR) is 95.0 cm³/mol. The van der Waals surface area contributed by atoms with Crippen molar-refractivity contribution in [2.75, 3.05) is 0 Å². The highest BCUT2D eigenvalue weighted by molar-refractivity contribution is 9.10. The van der Waals surface area contributed by atoms with Gasteiger partial charge in [0.1, 0.15) is 23.3 Å². The molecule has 2 aromatic carbocycles. The molecular weight excluding hydrogens is 392 g/mol. The number of phenolic OH excluding ortho intramolecular Hbond substituents is 2. The number of fused-ring (bicyclic) bond motifs is 1. The summed E-state index contributed by atoms with van der Waals surface area (Å²) in [6.07, 6.45) is 2.40. The lowest BCUT2D eigenvalue weighted by atomic mass is 10.2. The van der Waals surface area contributed by atoms with E-state index in [9.17, 15) is 19.8 Å². The van der Waals surface area contributed by atoms with E-state index in [2.05, 4.69) is 26.5 Å². The zero-order chi connectivity index (χ0) is 18.0. The molecule has 0 saturated carbocycles. The number of nitrogens with zero attached hydrogens (tertiary/aromatic N) is 1. The van der Waals surface area contributed by atoms with Crippen LogP contribution in [0.3, 0.4) is 0 Å². The number of rotatable bonds is 3. The van der Waals surface area contributed by atoms with Crippen molar-refractivity contribution in [2.45, 2.75) is 0 Å². The van der Waals surface area contributed by atoms with Crippen molar-refractivity contribution in [3.8, 4) is 11.5 Å². The molecule has 0 aliphatic rings. The molecule has 3 N–H and O–H groups in total. The highest BCUT2D eigenvalue weighted by Gasteiger charge is 2.09. The summed E-state index contributed by atoms with van der Waals surface area (Å²) in [6, 6.07) is 8.49. The van der Waals surface area contributed by atoms with Crippen molar-refractivity contribution in [3.63, 3.8) is 0 Å². The van der Waals surface area contributed by atoms with E-state index in [4.69, 9.17) is 4.42 Å². The highest BCUT2D eigenvalue weighted by Crippen LogP contribution is 2.20. The Morgan fingerprint density at radius 1 is 1.16 bits per heavy atom. The Kier molecular flexibility index (Phi) is 4.53. The smallest absolute Gasteiger partial charge is 0.271 e. The average molecular weight is 403 g/mol. The van der Waals surface area contributed by atoms with Gasteiger partial charge in [0.15, 0.2) is 0 Å². The molecule has 0 spiro atoms. The number of halogens is 1. The first-order valence-corrected chi connectivity index (χ1v) is 7.81. The van der Waals surface area contributed by atoms with E-state index in [0.717, 1.165) is 16.8 Å². The van der Waals surface area contributed by atoms with Gasteiger partial charge in [0.05, 0.1) is 17.2 Å². The van der Waals surface area contributed by atoms with Gasteiger partial charge >= 0.3 is 0 Å². The number of carbonyl (C=O) groups excluding carboxylic acids is 1. The highest BCUT2D eigenvalue weighted by atomic mass is 79.9. The van der Waals surface area contributed by atoms with Crippen molar-refractivity contribution in [3.05, 3.63) is 68.5 Å². The van der Waals surface area contributed by atoms with E-state index in [1.165, 1.54) is 18.4 Å². The van der Waals surface area contributed by atoms with Gasteiger partial charge in [-0.05, 0) is 30.3 Å². The molecule has 3 rings (SSSR count). The predicted octanol–water partition coefficient (Wildman–Crippen LogP) is 2.73. The fourth-order valence-corrected chi connectivity index (χ4v) is 2.52. The van der Waals surface area contributed by atoms with E-state index in [-0.39, 0.29) is 28.1 Å². The van der Waals surface area contributed by atoms with E-state index < -0.39 is 5.91 Å². The van der Waals surface area contributed by atoms with Gasteiger partial charge in [0, 0.05) is 16.1 Å². The summed E-state index contributed by atoms with van der Waals surface area (Å²) in [5.74, 6) is -1.17. The van der Waals surface area contributed by atoms with Crippen LogP contribution in [0.5, 0.6) is 11.5 Å². The minimum Gasteiger partial charge on any atom is -0.508 e. The monoisotopic (exact) mass is 402 g/mol. The SMILES string of the molecule is O=C(N/N=C/c1coc2ccc(Br)cc2c1=O)c1cc(O)cc(O)c1. The van der Waals surface area contributed by atoms with Crippen LogP contribution in [-0.4, -0.2) is 22.3 Å². The van der Waals surface area contributed by atoms with E-state index >= 15 is 0 Å². The maximum Gasteiger partial charge on any atom is 0.271 e. The van der Waals surface area contributed by atoms with E-state index in [1.807, 2.05) is 0 Å². The Morgan fingerprint density at radius 2 is 1.88 bits per heavy atom. The molecule has 0 radical (unpaired) electrons. The van der Waals surface area contributed by atoms with Crippen molar-refractivity contribution in [1.29, 1.82) is 0 Å². The van der Waals surface area contributed by atoms with Crippen molar-refractivity contribution < 1.29 is 19.4 Å². The number of phenols is 2. The van der Waals surface area contributed by atoms with Crippen LogP contribution in [0, 0.1) is 0 Å². The lowest BCUT2D eigenvalue weighted by molar-refractivity contribution is 0.0954. The van der Waals surface area contributed by atoms with Crippen LogP contribution in [0.4, 0.5) is 0 Å². The van der Waals surface area contributed by atoms with Gasteiger partial charge in [0.25, 0.3) is 5.91 Å². The molecule has 126 valence electrons. The zero-order valence-corrected chi connectivity index (χ0v) is 14.1. The fourth-order valence-electron chi connectivity index (χ4n) is 2.16. The Bertz CT molecular complexity index is 1040. The van der Waals surface area contributed by atoms with Crippen LogP contribution in [-0.2, 0) is 0 Å². The van der Waals surface area contributed by atoms with Crippen LogP contribution >= 0.6 is 15.9 Å². The topological polar surface area (TPSA) is 112 Å². The first-order chi connectivity index (χ1) is 11.9. The van der Waals surface area contributed by atoms with Crippen LogP contribution in [0.15, 0.2) is 61.4 Å². The molecule has 0 bridgehead atoms. The summed E-state index contributed by atoms with van der Waals surface area (Å²) in [5, 5.41) is 22.8. The number of hydrazone groups is 1. The van der Waals surface area contributed by atoms with Gasteiger partial charge in [-0.3, -0.25) is 9.59 Å². The summed E-state index contributed by atoms with van der Waals surface area (Å²) in [4.78, 5) is 24.3. The second-order valence-electron chi connectivity index (χ2n) is 5.10. The maximum atomic E-state index is 12.4. The largest absolute Gasteiger partial charge is 0.508 e. The number of hydrogen-bond acceptors (Lipinski definition) is 6. The van der Waals surface area contributed by atoms with E-state index in [0.29, 0.717) is 11.0 Å². The Hall–Kier alpha value is -3.13. The lowest BCUT2D eigenvalue weighted by Gasteiger charge is -2.02. The summed E-state index contributed by atoms with van der Waals surface area (Å²) in [5.41, 5.74) is 2.52. The minimum absolute atomic E-state index is 0.0177. The van der Waals surface area contributed by atoms with Crippen LogP contribution < -0.4 is 10.9 Å². The van der Waals surface area contributed by atoms with Gasteiger partial charge in [-0.1, -0.05) is 15.9 Å². The third-order valence-corrected chi connectivity index (χ3v) is 3.79. The third kappa shape index (κ3) is 3.69. The van der Waals surface area contributed by atoms with Gasteiger partial charge in [-0.15, -0.1) is 0 Å². The third-order valence-electron chi connectivity index (χ3n) is 3.30. The number of carbonyl (C=O) groups is 1. The molecule has 7 nitrogen and oxygen atoms in total. The van der Waals surface area contributed by atoms with Gasteiger partial charge < -0.3 is 14.6 Å². The van der Waals surface area contributed by atoms with Gasteiger partial charge in [-0.25, -0.2) is 5.43 Å². The van der Waals surface area contributed by atoms with Crippen molar-refractivity contribution >= 4 is 39.0 Å². The maximum absolute atomic E-state index is 12.4. The van der Waals surface area contributed by atoms with Crippen molar-refractivity contribution in [2.24, 2.45) is 5.10 Å². The molecule has 0 saturated heterocycles. The molecule has 25 heavy (non-hydrogen) atoms. The summed E-state index contributed by atoms with van der Waals surface area (Å²) >= 11 is 3.29. The molecule has 0 fully saturated rings. The summed E-state index contributed by atoms with van der Waals surface area (Å²) in [7, 11) is 0. The van der Waals surface area contributed by atoms with Crippen LogP contribution in [0.2, 0.25) is 0 Å². The zero-order valence-electron chi connectivity index (χ0n) is 12.6. The standard InChI is InChI=1S/C17H11BrN2O5/c18-11-1-2-15-14(5-11)16(23)10(8-25-15)7-19-20-17(24)9-3-12(21)6-13(22)4-9/h1-8,21-22H,(H,20,24)/b19-7+. The Labute approximate surface area is 149 Å². The molecule has 8 heteroatoms. The molecule has 0 aliphatic carbocycles. The number of nitrogens with one attached hydrogen (secondary N) is 1. The molecule has 0 atom stereocenters. The quantitative estimate of drug-likeness (QED) is 0.460. The molecule has 0 unspecified atom stereocenters. The second-order valence-corrected chi connectivity index (χ2v) is 6.01. The molecule has 3 aromatic rings. The fraction of sp³-hybridized carbons (Fsp3) is 0. The van der Waals surface area contributed by atoms with E-state index in [1.54, 1.807) is 18.2 Å². The van der Waals surface area contributed by atoms with Gasteiger partial charge in [-0.2, -0.15) is 5.10 Å². The minimum atomic E-state index is -0.657. The Balaban J connectivity index is 1.82. The molecular formula is C17H11BrN2O5. The first-order valence-electron chi connectivity index (χ1n) is 7.01. The van der Waals surface area contributed by atoms with Gasteiger partial charge in [0.2, 0.25) is 5.43 Å². The normalized spacial score (nSPS) is 11.1. The molecule has 1 aromatic heterocycles. The average Bonchev–Trinajstić information content (AvgIpc) is 2.56. The summed E-state index contributed by atoms with van der Waals surface area (Å²) in [6.45, 7) is 0. The summed E-state index contributed by atoms with van der Waals surface area (Å²) < 4.78 is 6.10. The second kappa shape index (κ2) is 6.78. The number of hydrogen-bond donors (Lipinski definition) is 3. The Morgan fingerprint density at radius 3 is 2.60 bits per heavy atom. The first kappa shape index (κ1) is 16.7. The van der Waals surface area contributed by atoms with Crippen molar-refractivity contribution in [1.82, 2.24) is 5.43 Å². The lowest BCUT2D eigenvalue weighted by Crippen LogP contribution is -2.18. The van der Waals surface area contributed by atoms with Crippen LogP contribution in [0.25, 0.3) is 11.0 Å². The molecule has 1 amide bonds. The van der Waals surface area contributed by atoms with Crippen LogP contribution in [0.1, 0.15) is 15.9 Å². The number of amides is 1. The number of benzene rings is 2.